The molecule has 1 unspecified atom stereocenters. The highest BCUT2D eigenvalue weighted by Crippen LogP contribution is 2.15. The maximum atomic E-state index is 12.3. The van der Waals surface area contributed by atoms with Gasteiger partial charge in [0.15, 0.2) is 5.69 Å². The number of aromatic amines is 1. The molecule has 0 bridgehead atoms. The number of carbonyl (C=O) groups excluding carboxylic acids is 2. The lowest BCUT2D eigenvalue weighted by molar-refractivity contribution is -0.124. The van der Waals surface area contributed by atoms with Gasteiger partial charge in [0, 0.05) is 36.3 Å². The number of hydrogen-bond acceptors (Lipinski definition) is 4. The minimum Gasteiger partial charge on any atom is -0.350 e. The summed E-state index contributed by atoms with van der Waals surface area (Å²) < 4.78 is 0. The van der Waals surface area contributed by atoms with Crippen molar-refractivity contribution in [2.24, 2.45) is 0 Å². The molecular weight excluding hydrogens is 270 g/mol. The van der Waals surface area contributed by atoms with Crippen LogP contribution in [0.15, 0.2) is 0 Å². The average molecular weight is 293 g/mol. The second kappa shape index (κ2) is 5.85. The highest BCUT2D eigenvalue weighted by Gasteiger charge is 2.25. The predicted molar refractivity (Wildman–Crippen MR) is 78.8 cm³/mol. The van der Waals surface area contributed by atoms with E-state index in [2.05, 4.69) is 26.1 Å². The average Bonchev–Trinajstić information content (AvgIpc) is 2.80. The summed E-state index contributed by atoms with van der Waals surface area (Å²) in [5.74, 6) is -0.536. The Morgan fingerprint density at radius 1 is 1.33 bits per heavy atom. The van der Waals surface area contributed by atoms with E-state index in [1.54, 1.807) is 6.92 Å². The van der Waals surface area contributed by atoms with E-state index >= 15 is 0 Å². The second-order valence-electron chi connectivity index (χ2n) is 6.39. The van der Waals surface area contributed by atoms with Crippen LogP contribution in [0.5, 0.6) is 0 Å². The van der Waals surface area contributed by atoms with E-state index in [1.807, 2.05) is 20.8 Å². The summed E-state index contributed by atoms with van der Waals surface area (Å²) in [5, 5.41) is 15.7. The third kappa shape index (κ3) is 3.81. The lowest BCUT2D eigenvalue weighted by Crippen LogP contribution is -2.51. The topological polar surface area (TPSA) is 98.9 Å². The maximum absolute atomic E-state index is 12.3. The van der Waals surface area contributed by atoms with Gasteiger partial charge in [-0.25, -0.2) is 0 Å². The minimum absolute atomic E-state index is 0.210. The highest BCUT2D eigenvalue weighted by molar-refractivity contribution is 5.97. The SMILES string of the molecule is CC(NC(=O)c1n[nH]c2c1CNCC2)C(=O)NC(C)(C)C. The van der Waals surface area contributed by atoms with Crippen LogP contribution in [-0.2, 0) is 17.8 Å². The number of nitrogens with one attached hydrogen (secondary N) is 4. The summed E-state index contributed by atoms with van der Waals surface area (Å²) in [6.07, 6.45) is 0.829. The lowest BCUT2D eigenvalue weighted by atomic mass is 10.1. The number of rotatable bonds is 3. The van der Waals surface area contributed by atoms with Gasteiger partial charge in [0.05, 0.1) is 0 Å². The van der Waals surface area contributed by atoms with Crippen LogP contribution in [0, 0.1) is 0 Å². The number of nitrogens with zero attached hydrogens (tertiary/aromatic N) is 1. The van der Waals surface area contributed by atoms with E-state index in [1.165, 1.54) is 0 Å². The fourth-order valence-electron chi connectivity index (χ4n) is 2.22. The Kier molecular flexibility index (Phi) is 4.32. The zero-order valence-corrected chi connectivity index (χ0v) is 13.0. The molecule has 1 aliphatic heterocycles. The Hall–Kier alpha value is -1.89. The van der Waals surface area contributed by atoms with Gasteiger partial charge < -0.3 is 16.0 Å². The van der Waals surface area contributed by atoms with Crippen LogP contribution in [0.3, 0.4) is 0 Å². The zero-order valence-electron chi connectivity index (χ0n) is 13.0. The molecule has 0 fully saturated rings. The first-order valence-electron chi connectivity index (χ1n) is 7.17. The van der Waals surface area contributed by atoms with Crippen LogP contribution in [-0.4, -0.2) is 40.1 Å². The van der Waals surface area contributed by atoms with Crippen LogP contribution in [0.25, 0.3) is 0 Å². The molecule has 0 saturated carbocycles. The van der Waals surface area contributed by atoms with Crippen LogP contribution in [0.2, 0.25) is 0 Å². The summed E-state index contributed by atoms with van der Waals surface area (Å²) in [7, 11) is 0. The number of carbonyl (C=O) groups is 2. The predicted octanol–water partition coefficient (Wildman–Crippen LogP) is 0.0884. The Bertz CT molecular complexity index is 544. The molecule has 2 amide bonds. The maximum Gasteiger partial charge on any atom is 0.272 e. The molecule has 0 aromatic carbocycles. The smallest absolute Gasteiger partial charge is 0.272 e. The summed E-state index contributed by atoms with van der Waals surface area (Å²) in [5.41, 5.74) is 1.92. The van der Waals surface area contributed by atoms with Gasteiger partial charge in [-0.05, 0) is 27.7 Å². The molecule has 0 saturated heterocycles. The molecule has 2 heterocycles. The fraction of sp³-hybridized carbons (Fsp3) is 0.643. The fourth-order valence-corrected chi connectivity index (χ4v) is 2.22. The van der Waals surface area contributed by atoms with Gasteiger partial charge >= 0.3 is 0 Å². The van der Waals surface area contributed by atoms with Crippen molar-refractivity contribution in [3.05, 3.63) is 17.0 Å². The largest absolute Gasteiger partial charge is 0.350 e. The molecule has 4 N–H and O–H groups in total. The van der Waals surface area contributed by atoms with Crippen molar-refractivity contribution in [2.45, 2.75) is 52.2 Å². The Labute approximate surface area is 124 Å². The van der Waals surface area contributed by atoms with Gasteiger partial charge in [0.1, 0.15) is 6.04 Å². The summed E-state index contributed by atoms with van der Waals surface area (Å²) in [6.45, 7) is 8.85. The second-order valence-corrected chi connectivity index (χ2v) is 6.39. The van der Waals surface area contributed by atoms with Gasteiger partial charge in [-0.2, -0.15) is 5.10 Å². The number of aromatic nitrogens is 2. The summed E-state index contributed by atoms with van der Waals surface area (Å²) in [4.78, 5) is 24.2. The van der Waals surface area contributed by atoms with Gasteiger partial charge in [-0.15, -0.1) is 0 Å². The van der Waals surface area contributed by atoms with Crippen molar-refractivity contribution in [2.75, 3.05) is 6.54 Å². The first-order valence-corrected chi connectivity index (χ1v) is 7.17. The number of H-pyrrole nitrogens is 1. The van der Waals surface area contributed by atoms with E-state index in [0.717, 1.165) is 24.2 Å². The molecule has 7 nitrogen and oxygen atoms in total. The van der Waals surface area contributed by atoms with Crippen LogP contribution in [0.4, 0.5) is 0 Å². The van der Waals surface area contributed by atoms with Crippen molar-refractivity contribution >= 4 is 11.8 Å². The van der Waals surface area contributed by atoms with E-state index < -0.39 is 6.04 Å². The Balaban J connectivity index is 2.01. The molecule has 0 aliphatic carbocycles. The molecule has 1 aromatic heterocycles. The molecule has 7 heteroatoms. The third-order valence-electron chi connectivity index (χ3n) is 3.26. The number of hydrogen-bond donors (Lipinski definition) is 4. The molecule has 1 aromatic rings. The monoisotopic (exact) mass is 293 g/mol. The molecule has 1 atom stereocenters. The van der Waals surface area contributed by atoms with Gasteiger partial charge in [-0.3, -0.25) is 14.7 Å². The molecular formula is C14H23N5O2. The zero-order chi connectivity index (χ0) is 15.6. The van der Waals surface area contributed by atoms with Gasteiger partial charge in [0.25, 0.3) is 5.91 Å². The van der Waals surface area contributed by atoms with E-state index in [9.17, 15) is 9.59 Å². The first-order chi connectivity index (χ1) is 9.78. The Morgan fingerprint density at radius 3 is 2.71 bits per heavy atom. The van der Waals surface area contributed by atoms with Crippen molar-refractivity contribution in [1.82, 2.24) is 26.1 Å². The van der Waals surface area contributed by atoms with Crippen molar-refractivity contribution in [3.63, 3.8) is 0 Å². The van der Waals surface area contributed by atoms with Gasteiger partial charge in [-0.1, -0.05) is 0 Å². The number of amides is 2. The minimum atomic E-state index is -0.611. The lowest BCUT2D eigenvalue weighted by Gasteiger charge is -2.23. The molecule has 0 spiro atoms. The molecule has 21 heavy (non-hydrogen) atoms. The molecule has 1 aliphatic rings. The van der Waals surface area contributed by atoms with E-state index in [-0.39, 0.29) is 17.4 Å². The highest BCUT2D eigenvalue weighted by atomic mass is 16.2. The van der Waals surface area contributed by atoms with Crippen molar-refractivity contribution < 1.29 is 9.59 Å². The first kappa shape index (κ1) is 15.5. The van der Waals surface area contributed by atoms with Crippen LogP contribution in [0.1, 0.15) is 49.4 Å². The standard InChI is InChI=1S/C14H23N5O2/c1-8(12(20)17-14(2,3)4)16-13(21)11-9-7-15-6-5-10(9)18-19-11/h8,15H,5-7H2,1-4H3,(H,16,21)(H,17,20)(H,18,19). The Morgan fingerprint density at radius 2 is 2.05 bits per heavy atom. The summed E-state index contributed by atoms with van der Waals surface area (Å²) >= 11 is 0. The van der Waals surface area contributed by atoms with E-state index in [4.69, 9.17) is 0 Å². The molecule has 0 radical (unpaired) electrons. The van der Waals surface area contributed by atoms with Crippen molar-refractivity contribution in [1.29, 1.82) is 0 Å². The van der Waals surface area contributed by atoms with Crippen LogP contribution >= 0.6 is 0 Å². The van der Waals surface area contributed by atoms with Gasteiger partial charge in [0.2, 0.25) is 5.91 Å². The third-order valence-corrected chi connectivity index (χ3v) is 3.26. The molecule has 2 rings (SSSR count). The quantitative estimate of drug-likeness (QED) is 0.634. The van der Waals surface area contributed by atoms with E-state index in [0.29, 0.717) is 12.2 Å². The molecule has 116 valence electrons. The summed E-state index contributed by atoms with van der Waals surface area (Å²) in [6, 6.07) is -0.611. The number of fused-ring (bicyclic) bond motifs is 1. The van der Waals surface area contributed by atoms with Crippen LogP contribution < -0.4 is 16.0 Å². The van der Waals surface area contributed by atoms with Crippen molar-refractivity contribution in [3.8, 4) is 0 Å². The normalized spacial score (nSPS) is 16.0.